The Bertz CT molecular complexity index is 1030. The number of likely N-dealkylation sites (N-methyl/N-ethyl adjacent to an activating group) is 1. The molecular formula is C22H23N3O3. The van der Waals surface area contributed by atoms with Crippen LogP contribution in [0.5, 0.6) is 5.75 Å². The molecular weight excluding hydrogens is 354 g/mol. The third kappa shape index (κ3) is 4.46. The van der Waals surface area contributed by atoms with Crippen LogP contribution in [0.15, 0.2) is 48.5 Å². The Morgan fingerprint density at radius 3 is 2.43 bits per heavy atom. The van der Waals surface area contributed by atoms with Gasteiger partial charge in [0.25, 0.3) is 11.8 Å². The van der Waals surface area contributed by atoms with E-state index in [0.717, 1.165) is 22.2 Å². The summed E-state index contributed by atoms with van der Waals surface area (Å²) < 4.78 is 5.45. The van der Waals surface area contributed by atoms with Crippen LogP contribution in [0.4, 0.5) is 5.69 Å². The van der Waals surface area contributed by atoms with Crippen molar-refractivity contribution in [1.82, 2.24) is 9.88 Å². The minimum absolute atomic E-state index is 0.0274. The molecule has 144 valence electrons. The Hall–Kier alpha value is -3.41. The largest absolute Gasteiger partial charge is 0.484 e. The van der Waals surface area contributed by atoms with Gasteiger partial charge in [-0.25, -0.2) is 0 Å². The fraction of sp³-hybridized carbons (Fsp3) is 0.227. The second-order valence-electron chi connectivity index (χ2n) is 6.89. The highest BCUT2D eigenvalue weighted by Gasteiger charge is 2.13. The molecule has 3 aromatic rings. The maximum atomic E-state index is 12.8. The minimum Gasteiger partial charge on any atom is -0.484 e. The summed E-state index contributed by atoms with van der Waals surface area (Å²) in [6.45, 7) is 3.83. The minimum atomic E-state index is -0.197. The van der Waals surface area contributed by atoms with Crippen LogP contribution in [0, 0.1) is 13.8 Å². The van der Waals surface area contributed by atoms with Gasteiger partial charge < -0.3 is 15.0 Å². The number of benzene rings is 2. The topological polar surface area (TPSA) is 71.5 Å². The monoisotopic (exact) mass is 377 g/mol. The fourth-order valence-corrected chi connectivity index (χ4v) is 2.77. The third-order valence-electron chi connectivity index (χ3n) is 4.31. The Morgan fingerprint density at radius 1 is 1.04 bits per heavy atom. The molecule has 0 radical (unpaired) electrons. The van der Waals surface area contributed by atoms with Crippen molar-refractivity contribution in [3.8, 4) is 5.75 Å². The van der Waals surface area contributed by atoms with Gasteiger partial charge in [-0.1, -0.05) is 11.6 Å². The van der Waals surface area contributed by atoms with Crippen molar-refractivity contribution in [1.29, 1.82) is 0 Å². The average Bonchev–Trinajstić information content (AvgIpc) is 2.66. The van der Waals surface area contributed by atoms with Crippen LogP contribution in [-0.4, -0.2) is 42.4 Å². The van der Waals surface area contributed by atoms with Crippen LogP contribution in [0.3, 0.4) is 0 Å². The van der Waals surface area contributed by atoms with Crippen LogP contribution in [-0.2, 0) is 4.79 Å². The lowest BCUT2D eigenvalue weighted by atomic mass is 10.0. The van der Waals surface area contributed by atoms with Crippen molar-refractivity contribution in [2.24, 2.45) is 0 Å². The standard InChI is InChI=1S/C22H23N3O3/c1-14-5-10-20-18(11-14)19(12-15(2)23-20)22(27)24-16-6-8-17(9-7-16)28-13-21(26)25(3)4/h5-12H,13H2,1-4H3,(H,24,27). The van der Waals surface area contributed by atoms with Gasteiger partial charge in [0.2, 0.25) is 0 Å². The predicted octanol–water partition coefficient (Wildman–Crippen LogP) is 3.57. The number of pyridine rings is 1. The summed E-state index contributed by atoms with van der Waals surface area (Å²) >= 11 is 0. The summed E-state index contributed by atoms with van der Waals surface area (Å²) in [5.41, 5.74) is 3.89. The number of rotatable bonds is 5. The number of aromatic nitrogens is 1. The highest BCUT2D eigenvalue weighted by Crippen LogP contribution is 2.22. The lowest BCUT2D eigenvalue weighted by Crippen LogP contribution is -2.27. The van der Waals surface area contributed by atoms with Gasteiger partial charge in [-0.2, -0.15) is 0 Å². The molecule has 0 spiro atoms. The maximum absolute atomic E-state index is 12.8. The van der Waals surface area contributed by atoms with E-state index in [4.69, 9.17) is 4.74 Å². The molecule has 28 heavy (non-hydrogen) atoms. The van der Waals surface area contributed by atoms with E-state index < -0.39 is 0 Å². The van der Waals surface area contributed by atoms with Gasteiger partial charge in [-0.3, -0.25) is 14.6 Å². The van der Waals surface area contributed by atoms with Crippen molar-refractivity contribution in [2.45, 2.75) is 13.8 Å². The molecule has 0 fully saturated rings. The summed E-state index contributed by atoms with van der Waals surface area (Å²) in [5.74, 6) is 0.249. The summed E-state index contributed by atoms with van der Waals surface area (Å²) in [5, 5.41) is 3.73. The highest BCUT2D eigenvalue weighted by atomic mass is 16.5. The summed E-state index contributed by atoms with van der Waals surface area (Å²) in [6.07, 6.45) is 0. The SMILES string of the molecule is Cc1ccc2nc(C)cc(C(=O)Nc3ccc(OCC(=O)N(C)C)cc3)c2c1. The number of fused-ring (bicyclic) bond motifs is 1. The molecule has 6 nitrogen and oxygen atoms in total. The number of amides is 2. The third-order valence-corrected chi connectivity index (χ3v) is 4.31. The first-order valence-corrected chi connectivity index (χ1v) is 8.96. The molecule has 1 heterocycles. The Balaban J connectivity index is 1.76. The summed E-state index contributed by atoms with van der Waals surface area (Å²) in [7, 11) is 3.35. The van der Waals surface area contributed by atoms with E-state index in [0.29, 0.717) is 17.0 Å². The molecule has 0 aliphatic carbocycles. The molecule has 0 bridgehead atoms. The molecule has 0 unspecified atom stereocenters. The molecule has 0 saturated heterocycles. The summed E-state index contributed by atoms with van der Waals surface area (Å²) in [6, 6.07) is 14.6. The zero-order valence-electron chi connectivity index (χ0n) is 16.4. The van der Waals surface area contributed by atoms with Gasteiger partial charge in [0, 0.05) is 30.9 Å². The van der Waals surface area contributed by atoms with E-state index in [2.05, 4.69) is 10.3 Å². The number of ether oxygens (including phenoxy) is 1. The zero-order chi connectivity index (χ0) is 20.3. The number of aryl methyl sites for hydroxylation is 2. The number of nitrogens with zero attached hydrogens (tertiary/aromatic N) is 2. The van der Waals surface area contributed by atoms with Crippen LogP contribution in [0.1, 0.15) is 21.6 Å². The molecule has 2 aromatic carbocycles. The average molecular weight is 377 g/mol. The molecule has 0 aliphatic rings. The lowest BCUT2D eigenvalue weighted by molar-refractivity contribution is -0.130. The zero-order valence-corrected chi connectivity index (χ0v) is 16.4. The molecule has 1 N–H and O–H groups in total. The van der Waals surface area contributed by atoms with E-state index in [1.807, 2.05) is 32.0 Å². The second-order valence-corrected chi connectivity index (χ2v) is 6.89. The van der Waals surface area contributed by atoms with Crippen LogP contribution in [0.2, 0.25) is 0 Å². The lowest BCUT2D eigenvalue weighted by Gasteiger charge is -2.12. The van der Waals surface area contributed by atoms with Crippen LogP contribution >= 0.6 is 0 Å². The molecule has 0 atom stereocenters. The Morgan fingerprint density at radius 2 is 1.75 bits per heavy atom. The van der Waals surface area contributed by atoms with Gasteiger partial charge in [-0.15, -0.1) is 0 Å². The molecule has 2 amide bonds. The van der Waals surface area contributed by atoms with Gasteiger partial charge >= 0.3 is 0 Å². The maximum Gasteiger partial charge on any atom is 0.259 e. The summed E-state index contributed by atoms with van der Waals surface area (Å²) in [4.78, 5) is 30.4. The first kappa shape index (κ1) is 19.4. The first-order chi connectivity index (χ1) is 13.3. The predicted molar refractivity (Wildman–Crippen MR) is 110 cm³/mol. The van der Waals surface area contributed by atoms with Crippen molar-refractivity contribution < 1.29 is 14.3 Å². The fourth-order valence-electron chi connectivity index (χ4n) is 2.77. The molecule has 1 aromatic heterocycles. The van der Waals surface area contributed by atoms with Gasteiger partial charge in [0.15, 0.2) is 6.61 Å². The molecule has 0 aliphatic heterocycles. The van der Waals surface area contributed by atoms with Crippen LogP contribution in [0.25, 0.3) is 10.9 Å². The Labute approximate surface area is 164 Å². The van der Waals surface area contributed by atoms with Crippen molar-refractivity contribution in [2.75, 3.05) is 26.0 Å². The van der Waals surface area contributed by atoms with Crippen molar-refractivity contribution >= 4 is 28.4 Å². The van der Waals surface area contributed by atoms with Crippen LogP contribution < -0.4 is 10.1 Å². The van der Waals surface area contributed by atoms with E-state index >= 15 is 0 Å². The number of anilines is 1. The van der Waals surface area contributed by atoms with Gasteiger partial charge in [0.05, 0.1) is 11.1 Å². The van der Waals surface area contributed by atoms with Crippen molar-refractivity contribution in [3.05, 3.63) is 65.4 Å². The van der Waals surface area contributed by atoms with E-state index in [-0.39, 0.29) is 18.4 Å². The van der Waals surface area contributed by atoms with Crippen molar-refractivity contribution in [3.63, 3.8) is 0 Å². The second kappa shape index (κ2) is 8.08. The molecule has 3 rings (SSSR count). The molecule has 0 saturated carbocycles. The number of nitrogens with one attached hydrogen (secondary N) is 1. The van der Waals surface area contributed by atoms with Gasteiger partial charge in [0.1, 0.15) is 5.75 Å². The first-order valence-electron chi connectivity index (χ1n) is 8.96. The smallest absolute Gasteiger partial charge is 0.259 e. The number of carbonyl (C=O) groups is 2. The normalized spacial score (nSPS) is 10.6. The van der Waals surface area contributed by atoms with E-state index in [1.54, 1.807) is 44.4 Å². The number of hydrogen-bond donors (Lipinski definition) is 1. The highest BCUT2D eigenvalue weighted by molar-refractivity contribution is 6.12. The van der Waals surface area contributed by atoms with E-state index in [1.165, 1.54) is 4.90 Å². The molecule has 6 heteroatoms. The van der Waals surface area contributed by atoms with E-state index in [9.17, 15) is 9.59 Å². The number of hydrogen-bond acceptors (Lipinski definition) is 4. The Kier molecular flexibility index (Phi) is 5.59. The number of carbonyl (C=O) groups excluding carboxylic acids is 2. The quantitative estimate of drug-likeness (QED) is 0.738. The van der Waals surface area contributed by atoms with Gasteiger partial charge in [-0.05, 0) is 56.3 Å².